The molecule has 0 bridgehead atoms. The second-order valence-electron chi connectivity index (χ2n) is 4.60. The van der Waals surface area contributed by atoms with Crippen LogP contribution in [0.3, 0.4) is 0 Å². The van der Waals surface area contributed by atoms with E-state index in [1.807, 2.05) is 0 Å². The molecule has 0 aliphatic heterocycles. The number of hydrogen-bond acceptors (Lipinski definition) is 3. The average molecular weight is 240 g/mol. The highest BCUT2D eigenvalue weighted by Gasteiger charge is 2.08. The van der Waals surface area contributed by atoms with Gasteiger partial charge in [-0.05, 0) is 18.8 Å². The van der Waals surface area contributed by atoms with Crippen LogP contribution in [-0.4, -0.2) is 11.0 Å². The van der Waals surface area contributed by atoms with E-state index in [0.29, 0.717) is 12.0 Å². The van der Waals surface area contributed by atoms with Crippen LogP contribution in [0.25, 0.3) is 0 Å². The molecule has 1 heterocycles. The molecule has 1 aromatic rings. The van der Waals surface area contributed by atoms with Crippen molar-refractivity contribution < 1.29 is 0 Å². The first-order valence-corrected chi connectivity index (χ1v) is 7.23. The van der Waals surface area contributed by atoms with Gasteiger partial charge in [-0.3, -0.25) is 0 Å². The highest BCUT2D eigenvalue weighted by molar-refractivity contribution is 7.09. The summed E-state index contributed by atoms with van der Waals surface area (Å²) >= 11 is 1.77. The Kier molecular flexibility index (Phi) is 5.99. The molecule has 0 aromatic carbocycles. The molecule has 1 N–H and O–H groups in total. The molecule has 1 aromatic heterocycles. The van der Waals surface area contributed by atoms with Crippen molar-refractivity contribution in [2.45, 2.75) is 65.5 Å². The first kappa shape index (κ1) is 13.7. The van der Waals surface area contributed by atoms with Crippen molar-refractivity contribution in [3.8, 4) is 0 Å². The zero-order valence-corrected chi connectivity index (χ0v) is 11.7. The Morgan fingerprint density at radius 1 is 1.38 bits per heavy atom. The Labute approximate surface area is 103 Å². The third kappa shape index (κ3) is 4.22. The fourth-order valence-corrected chi connectivity index (χ4v) is 2.61. The molecule has 1 atom stereocenters. The van der Waals surface area contributed by atoms with Crippen LogP contribution >= 0.6 is 11.3 Å². The van der Waals surface area contributed by atoms with Crippen molar-refractivity contribution in [3.63, 3.8) is 0 Å². The monoisotopic (exact) mass is 240 g/mol. The molecule has 0 aliphatic carbocycles. The highest BCUT2D eigenvalue weighted by atomic mass is 32.1. The summed E-state index contributed by atoms with van der Waals surface area (Å²) in [5, 5.41) is 6.99. The molecule has 0 aliphatic rings. The standard InChI is InChI=1S/C13H24N2S/c1-5-7-11(6-2)14-8-13-15-12(9-16-13)10(3)4/h9-11,14H,5-8H2,1-4H3. The second-order valence-corrected chi connectivity index (χ2v) is 5.54. The van der Waals surface area contributed by atoms with E-state index < -0.39 is 0 Å². The number of nitrogens with one attached hydrogen (secondary N) is 1. The zero-order valence-electron chi connectivity index (χ0n) is 10.9. The first-order chi connectivity index (χ1) is 7.67. The van der Waals surface area contributed by atoms with E-state index in [9.17, 15) is 0 Å². The minimum atomic E-state index is 0.544. The molecule has 16 heavy (non-hydrogen) atoms. The quantitative estimate of drug-likeness (QED) is 0.781. The molecule has 92 valence electrons. The van der Waals surface area contributed by atoms with E-state index in [4.69, 9.17) is 0 Å². The van der Waals surface area contributed by atoms with Gasteiger partial charge in [-0.15, -0.1) is 11.3 Å². The number of rotatable bonds is 7. The summed E-state index contributed by atoms with van der Waals surface area (Å²) in [6.45, 7) is 9.80. The molecule has 0 saturated heterocycles. The summed E-state index contributed by atoms with van der Waals surface area (Å²) in [4.78, 5) is 4.63. The maximum absolute atomic E-state index is 4.63. The van der Waals surface area contributed by atoms with Crippen LogP contribution in [0, 0.1) is 0 Å². The van der Waals surface area contributed by atoms with Gasteiger partial charge in [0, 0.05) is 18.0 Å². The molecular formula is C13H24N2S. The van der Waals surface area contributed by atoms with Gasteiger partial charge in [-0.25, -0.2) is 4.98 Å². The molecular weight excluding hydrogens is 216 g/mol. The van der Waals surface area contributed by atoms with E-state index >= 15 is 0 Å². The zero-order chi connectivity index (χ0) is 12.0. The fraction of sp³-hybridized carbons (Fsp3) is 0.769. The summed E-state index contributed by atoms with van der Waals surface area (Å²) < 4.78 is 0. The van der Waals surface area contributed by atoms with Gasteiger partial charge >= 0.3 is 0 Å². The van der Waals surface area contributed by atoms with Crippen LogP contribution in [0.5, 0.6) is 0 Å². The second kappa shape index (κ2) is 7.02. The number of thiazole rings is 1. The number of hydrogen-bond donors (Lipinski definition) is 1. The van der Waals surface area contributed by atoms with Crippen molar-refractivity contribution in [2.24, 2.45) is 0 Å². The smallest absolute Gasteiger partial charge is 0.107 e. The van der Waals surface area contributed by atoms with Crippen LogP contribution in [0.4, 0.5) is 0 Å². The van der Waals surface area contributed by atoms with Gasteiger partial charge in [0.15, 0.2) is 0 Å². The summed E-state index contributed by atoms with van der Waals surface area (Å²) in [6, 6.07) is 0.649. The minimum Gasteiger partial charge on any atom is -0.308 e. The van der Waals surface area contributed by atoms with E-state index in [-0.39, 0.29) is 0 Å². The first-order valence-electron chi connectivity index (χ1n) is 6.35. The third-order valence-electron chi connectivity index (χ3n) is 2.83. The van der Waals surface area contributed by atoms with Crippen molar-refractivity contribution >= 4 is 11.3 Å². The highest BCUT2D eigenvalue weighted by Crippen LogP contribution is 2.17. The summed E-state index contributed by atoms with van der Waals surface area (Å²) in [7, 11) is 0. The molecule has 0 saturated carbocycles. The fourth-order valence-electron chi connectivity index (χ4n) is 1.70. The molecule has 3 heteroatoms. The van der Waals surface area contributed by atoms with E-state index in [1.165, 1.54) is 30.0 Å². The van der Waals surface area contributed by atoms with Crippen LogP contribution in [0.15, 0.2) is 5.38 Å². The average Bonchev–Trinajstić information content (AvgIpc) is 2.73. The summed E-state index contributed by atoms with van der Waals surface area (Å²) in [5.41, 5.74) is 1.23. The Balaban J connectivity index is 2.41. The molecule has 0 fully saturated rings. The van der Waals surface area contributed by atoms with Gasteiger partial charge in [0.25, 0.3) is 0 Å². The lowest BCUT2D eigenvalue weighted by atomic mass is 10.1. The maximum atomic E-state index is 4.63. The Hall–Kier alpha value is -0.410. The number of nitrogens with zero attached hydrogens (tertiary/aromatic N) is 1. The Morgan fingerprint density at radius 2 is 2.12 bits per heavy atom. The van der Waals surface area contributed by atoms with Crippen molar-refractivity contribution in [3.05, 3.63) is 16.1 Å². The van der Waals surface area contributed by atoms with Crippen molar-refractivity contribution in [1.29, 1.82) is 0 Å². The largest absolute Gasteiger partial charge is 0.308 e. The van der Waals surface area contributed by atoms with Gasteiger partial charge < -0.3 is 5.32 Å². The SMILES string of the molecule is CCCC(CC)NCc1nc(C(C)C)cs1. The lowest BCUT2D eigenvalue weighted by Crippen LogP contribution is -2.27. The third-order valence-corrected chi connectivity index (χ3v) is 3.70. The molecule has 0 amide bonds. The van der Waals surface area contributed by atoms with Crippen LogP contribution in [0.2, 0.25) is 0 Å². The predicted molar refractivity (Wildman–Crippen MR) is 72.0 cm³/mol. The Bertz CT molecular complexity index is 294. The van der Waals surface area contributed by atoms with Gasteiger partial charge in [0.05, 0.1) is 5.69 Å². The van der Waals surface area contributed by atoms with Crippen molar-refractivity contribution in [1.82, 2.24) is 10.3 Å². The van der Waals surface area contributed by atoms with E-state index in [2.05, 4.69) is 43.4 Å². The van der Waals surface area contributed by atoms with Gasteiger partial charge in [-0.2, -0.15) is 0 Å². The lowest BCUT2D eigenvalue weighted by molar-refractivity contribution is 0.461. The molecule has 0 radical (unpaired) electrons. The molecule has 2 nitrogen and oxygen atoms in total. The van der Waals surface area contributed by atoms with E-state index in [1.54, 1.807) is 11.3 Å². The molecule has 1 rings (SSSR count). The topological polar surface area (TPSA) is 24.9 Å². The minimum absolute atomic E-state index is 0.544. The van der Waals surface area contributed by atoms with E-state index in [0.717, 1.165) is 6.54 Å². The van der Waals surface area contributed by atoms with Crippen LogP contribution < -0.4 is 5.32 Å². The Morgan fingerprint density at radius 3 is 2.62 bits per heavy atom. The van der Waals surface area contributed by atoms with Crippen molar-refractivity contribution in [2.75, 3.05) is 0 Å². The molecule has 0 spiro atoms. The van der Waals surface area contributed by atoms with Gasteiger partial charge in [0.2, 0.25) is 0 Å². The van der Waals surface area contributed by atoms with Gasteiger partial charge in [-0.1, -0.05) is 34.1 Å². The predicted octanol–water partition coefficient (Wildman–Crippen LogP) is 3.93. The summed E-state index contributed by atoms with van der Waals surface area (Å²) in [6.07, 6.45) is 3.72. The van der Waals surface area contributed by atoms with Crippen LogP contribution in [0.1, 0.15) is 63.6 Å². The molecule has 1 unspecified atom stereocenters. The lowest BCUT2D eigenvalue weighted by Gasteiger charge is -2.14. The van der Waals surface area contributed by atoms with Crippen LogP contribution in [-0.2, 0) is 6.54 Å². The summed E-state index contributed by atoms with van der Waals surface area (Å²) in [5.74, 6) is 0.544. The normalized spacial score (nSPS) is 13.3. The number of aromatic nitrogens is 1. The van der Waals surface area contributed by atoms with Gasteiger partial charge in [0.1, 0.15) is 5.01 Å². The maximum Gasteiger partial charge on any atom is 0.107 e.